The molecule has 0 radical (unpaired) electrons. The quantitative estimate of drug-likeness (QED) is 0.750. The van der Waals surface area contributed by atoms with E-state index >= 15 is 0 Å². The molecule has 0 amide bonds. The molecule has 0 bridgehead atoms. The Hall–Kier alpha value is -0.170. The second-order valence-corrected chi connectivity index (χ2v) is 7.18. The van der Waals surface area contributed by atoms with Gasteiger partial charge in [0.05, 0.1) is 0 Å². The van der Waals surface area contributed by atoms with Gasteiger partial charge in [-0.05, 0) is 38.6 Å². The third-order valence-electron chi connectivity index (χ3n) is 4.10. The van der Waals surface area contributed by atoms with E-state index in [1.54, 1.807) is 4.31 Å². The lowest BCUT2D eigenvalue weighted by molar-refractivity contribution is 0.242. The van der Waals surface area contributed by atoms with Crippen molar-refractivity contribution < 1.29 is 8.42 Å². The van der Waals surface area contributed by atoms with Crippen LogP contribution in [0.5, 0.6) is 0 Å². The maximum Gasteiger partial charge on any atom is 0.279 e. The number of rotatable bonds is 6. The van der Waals surface area contributed by atoms with Crippen LogP contribution >= 0.6 is 0 Å². The molecule has 2 fully saturated rings. The van der Waals surface area contributed by atoms with E-state index in [2.05, 4.69) is 10.0 Å². The van der Waals surface area contributed by atoms with Gasteiger partial charge >= 0.3 is 0 Å². The highest BCUT2D eigenvalue weighted by molar-refractivity contribution is 7.87. The number of nitrogens with zero attached hydrogens (tertiary/aromatic N) is 1. The average molecular weight is 275 g/mol. The van der Waals surface area contributed by atoms with Gasteiger partial charge in [0.1, 0.15) is 0 Å². The van der Waals surface area contributed by atoms with Gasteiger partial charge in [-0.15, -0.1) is 0 Å². The molecule has 0 aromatic carbocycles. The molecule has 2 aliphatic rings. The second kappa shape index (κ2) is 6.32. The van der Waals surface area contributed by atoms with Crippen molar-refractivity contribution in [2.24, 2.45) is 5.92 Å². The van der Waals surface area contributed by atoms with Gasteiger partial charge in [0, 0.05) is 25.7 Å². The Morgan fingerprint density at radius 3 is 2.50 bits per heavy atom. The van der Waals surface area contributed by atoms with Crippen molar-refractivity contribution in [1.82, 2.24) is 14.3 Å². The maximum atomic E-state index is 12.3. The third-order valence-corrected chi connectivity index (χ3v) is 5.73. The second-order valence-electron chi connectivity index (χ2n) is 5.47. The molecule has 0 spiro atoms. The molecule has 1 unspecified atom stereocenters. The topological polar surface area (TPSA) is 61.4 Å². The van der Waals surface area contributed by atoms with E-state index in [4.69, 9.17) is 0 Å². The fourth-order valence-electron chi connectivity index (χ4n) is 2.73. The minimum absolute atomic E-state index is 0.114. The molecule has 2 rings (SSSR count). The van der Waals surface area contributed by atoms with Crippen LogP contribution in [-0.4, -0.2) is 45.4 Å². The number of piperidine rings is 1. The summed E-state index contributed by atoms with van der Waals surface area (Å²) in [6.45, 7) is 2.02. The maximum absolute atomic E-state index is 12.3. The molecule has 6 heteroatoms. The molecule has 18 heavy (non-hydrogen) atoms. The summed E-state index contributed by atoms with van der Waals surface area (Å²) in [5.74, 6) is 0.562. The van der Waals surface area contributed by atoms with Crippen LogP contribution in [0.25, 0.3) is 0 Å². The molecule has 1 aliphatic carbocycles. The molecular weight excluding hydrogens is 250 g/mol. The summed E-state index contributed by atoms with van der Waals surface area (Å²) in [5.41, 5.74) is 0. The minimum atomic E-state index is -3.28. The molecule has 1 saturated carbocycles. The summed E-state index contributed by atoms with van der Waals surface area (Å²) in [4.78, 5) is 0. The Bertz CT molecular complexity index is 352. The Kier molecular flexibility index (Phi) is 5.00. The highest BCUT2D eigenvalue weighted by atomic mass is 32.2. The van der Waals surface area contributed by atoms with Gasteiger partial charge in [-0.25, -0.2) is 4.72 Å². The van der Waals surface area contributed by atoms with E-state index < -0.39 is 10.2 Å². The molecule has 1 aliphatic heterocycles. The Labute approximate surface area is 110 Å². The molecule has 5 nitrogen and oxygen atoms in total. The van der Waals surface area contributed by atoms with Gasteiger partial charge in [0.15, 0.2) is 0 Å². The molecule has 0 aromatic heterocycles. The third kappa shape index (κ3) is 3.44. The van der Waals surface area contributed by atoms with Crippen molar-refractivity contribution >= 4 is 10.2 Å². The van der Waals surface area contributed by atoms with Crippen molar-refractivity contribution in [3.05, 3.63) is 0 Å². The van der Waals surface area contributed by atoms with Crippen molar-refractivity contribution in [1.29, 1.82) is 0 Å². The van der Waals surface area contributed by atoms with Crippen LogP contribution in [0.1, 0.15) is 38.5 Å². The lowest BCUT2D eigenvalue weighted by atomic mass is 9.86. The van der Waals surface area contributed by atoms with Gasteiger partial charge in [-0.2, -0.15) is 12.7 Å². The van der Waals surface area contributed by atoms with Crippen molar-refractivity contribution in [3.63, 3.8) is 0 Å². The molecule has 2 N–H and O–H groups in total. The average Bonchev–Trinajstić information content (AvgIpc) is 2.28. The van der Waals surface area contributed by atoms with Gasteiger partial charge in [0.25, 0.3) is 10.2 Å². The van der Waals surface area contributed by atoms with E-state index in [0.29, 0.717) is 19.0 Å². The van der Waals surface area contributed by atoms with Crippen molar-refractivity contribution in [2.75, 3.05) is 26.7 Å². The van der Waals surface area contributed by atoms with Gasteiger partial charge in [0.2, 0.25) is 0 Å². The van der Waals surface area contributed by atoms with E-state index in [1.807, 2.05) is 7.05 Å². The monoisotopic (exact) mass is 275 g/mol. The van der Waals surface area contributed by atoms with Crippen LogP contribution < -0.4 is 10.0 Å². The van der Waals surface area contributed by atoms with Crippen LogP contribution in [0, 0.1) is 5.92 Å². The molecular formula is C12H25N3O2S. The molecule has 0 aromatic rings. The van der Waals surface area contributed by atoms with Crippen LogP contribution in [-0.2, 0) is 10.2 Å². The van der Waals surface area contributed by atoms with Gasteiger partial charge < -0.3 is 5.32 Å². The fourth-order valence-corrected chi connectivity index (χ4v) is 4.29. The smallest absolute Gasteiger partial charge is 0.279 e. The Morgan fingerprint density at radius 2 is 1.89 bits per heavy atom. The van der Waals surface area contributed by atoms with Crippen molar-refractivity contribution in [2.45, 2.75) is 44.6 Å². The highest BCUT2D eigenvalue weighted by Gasteiger charge is 2.32. The van der Waals surface area contributed by atoms with Crippen LogP contribution in [0.4, 0.5) is 0 Å². The largest absolute Gasteiger partial charge is 0.318 e. The normalized spacial score (nSPS) is 27.1. The number of nitrogens with one attached hydrogen (secondary N) is 2. The van der Waals surface area contributed by atoms with E-state index in [-0.39, 0.29) is 6.04 Å². The molecule has 1 heterocycles. The summed E-state index contributed by atoms with van der Waals surface area (Å²) >= 11 is 0. The first-order valence-electron chi connectivity index (χ1n) is 7.04. The van der Waals surface area contributed by atoms with Gasteiger partial charge in [-0.1, -0.05) is 12.8 Å². The molecule has 1 atom stereocenters. The zero-order valence-corrected chi connectivity index (χ0v) is 12.0. The fraction of sp³-hybridized carbons (Fsp3) is 1.00. The lowest BCUT2D eigenvalue weighted by Gasteiger charge is -2.35. The number of hydrogen-bond acceptors (Lipinski definition) is 3. The lowest BCUT2D eigenvalue weighted by Crippen LogP contribution is -2.52. The Balaban J connectivity index is 1.92. The zero-order valence-electron chi connectivity index (χ0n) is 11.2. The molecule has 1 saturated heterocycles. The Morgan fingerprint density at radius 1 is 1.11 bits per heavy atom. The van der Waals surface area contributed by atoms with Gasteiger partial charge in [-0.3, -0.25) is 0 Å². The number of hydrogen-bond donors (Lipinski definition) is 2. The van der Waals surface area contributed by atoms with Crippen LogP contribution in [0.2, 0.25) is 0 Å². The summed E-state index contributed by atoms with van der Waals surface area (Å²) < 4.78 is 29.1. The van der Waals surface area contributed by atoms with Crippen LogP contribution in [0.15, 0.2) is 0 Å². The minimum Gasteiger partial charge on any atom is -0.318 e. The first kappa shape index (κ1) is 14.2. The zero-order chi connectivity index (χ0) is 13.0. The summed E-state index contributed by atoms with van der Waals surface area (Å²) in [5, 5.41) is 3.09. The number of likely N-dealkylation sites (N-methyl/N-ethyl adjacent to an activating group) is 1. The first-order valence-corrected chi connectivity index (χ1v) is 8.48. The standard InChI is InChI=1S/C12H25N3O2S/c1-13-10-12-7-2-3-8-15(12)18(16,17)14-9-11-5-4-6-11/h11-14H,2-10H2,1H3. The first-order chi connectivity index (χ1) is 8.63. The predicted molar refractivity (Wildman–Crippen MR) is 72.5 cm³/mol. The van der Waals surface area contributed by atoms with Crippen LogP contribution in [0.3, 0.4) is 0 Å². The van der Waals surface area contributed by atoms with Crippen molar-refractivity contribution in [3.8, 4) is 0 Å². The van der Waals surface area contributed by atoms with E-state index in [0.717, 1.165) is 25.8 Å². The summed E-state index contributed by atoms with van der Waals surface area (Å²) in [6, 6.07) is 0.114. The summed E-state index contributed by atoms with van der Waals surface area (Å²) in [6.07, 6.45) is 6.65. The van der Waals surface area contributed by atoms with E-state index in [9.17, 15) is 8.42 Å². The highest BCUT2D eigenvalue weighted by Crippen LogP contribution is 2.26. The molecule has 106 valence electrons. The SMILES string of the molecule is CNCC1CCCCN1S(=O)(=O)NCC1CCC1. The summed E-state index contributed by atoms with van der Waals surface area (Å²) in [7, 11) is -1.41. The van der Waals surface area contributed by atoms with E-state index in [1.165, 1.54) is 19.3 Å². The predicted octanol–water partition coefficient (Wildman–Crippen LogP) is 0.695.